The summed E-state index contributed by atoms with van der Waals surface area (Å²) in [6.45, 7) is 4.02. The fourth-order valence-corrected chi connectivity index (χ4v) is 3.98. The van der Waals surface area contributed by atoms with E-state index in [1.165, 1.54) is 22.6 Å². The summed E-state index contributed by atoms with van der Waals surface area (Å²) in [6, 6.07) is 4.09. The van der Waals surface area contributed by atoms with Gasteiger partial charge in [-0.25, -0.2) is 4.98 Å². The second kappa shape index (κ2) is 7.58. The molecule has 0 radical (unpaired) electrons. The van der Waals surface area contributed by atoms with Crippen LogP contribution in [-0.2, 0) is 13.6 Å². The van der Waals surface area contributed by atoms with Gasteiger partial charge in [-0.2, -0.15) is 5.10 Å². The SMILES string of the molecule is Cc1c(CN2CCCC2c2ccc(C(=O)Nc3nccs3)cn2)cnn1C. The molecule has 7 nitrogen and oxygen atoms in total. The van der Waals surface area contributed by atoms with Gasteiger partial charge in [0.05, 0.1) is 23.5 Å². The van der Waals surface area contributed by atoms with Crippen molar-refractivity contribution in [3.8, 4) is 0 Å². The van der Waals surface area contributed by atoms with Crippen LogP contribution in [0.3, 0.4) is 0 Å². The van der Waals surface area contributed by atoms with Crippen LogP contribution in [0.15, 0.2) is 36.1 Å². The Bertz CT molecular complexity index is 918. The summed E-state index contributed by atoms with van der Waals surface area (Å²) < 4.78 is 1.91. The van der Waals surface area contributed by atoms with E-state index in [0.29, 0.717) is 10.7 Å². The molecule has 4 rings (SSSR count). The first-order valence-electron chi connectivity index (χ1n) is 9.00. The Morgan fingerprint density at radius 1 is 1.33 bits per heavy atom. The molecule has 3 aromatic rings. The van der Waals surface area contributed by atoms with E-state index in [1.807, 2.05) is 35.4 Å². The molecule has 1 atom stereocenters. The molecule has 1 unspecified atom stereocenters. The van der Waals surface area contributed by atoms with Crippen LogP contribution in [0.1, 0.15) is 46.2 Å². The highest BCUT2D eigenvalue weighted by Crippen LogP contribution is 2.32. The van der Waals surface area contributed by atoms with Crippen molar-refractivity contribution in [2.75, 3.05) is 11.9 Å². The Morgan fingerprint density at radius 2 is 2.22 bits per heavy atom. The second-order valence-corrected chi connectivity index (χ2v) is 7.67. The van der Waals surface area contributed by atoms with E-state index in [1.54, 1.807) is 12.4 Å². The lowest BCUT2D eigenvalue weighted by Crippen LogP contribution is -2.24. The van der Waals surface area contributed by atoms with Gasteiger partial charge in [0, 0.05) is 42.6 Å². The molecule has 0 aliphatic carbocycles. The predicted octanol–water partition coefficient (Wildman–Crippen LogP) is 3.17. The summed E-state index contributed by atoms with van der Waals surface area (Å²) >= 11 is 1.40. The van der Waals surface area contributed by atoms with Crippen molar-refractivity contribution in [1.82, 2.24) is 24.6 Å². The van der Waals surface area contributed by atoms with Gasteiger partial charge in [-0.15, -0.1) is 11.3 Å². The molecule has 0 saturated carbocycles. The van der Waals surface area contributed by atoms with E-state index in [9.17, 15) is 4.79 Å². The van der Waals surface area contributed by atoms with Gasteiger partial charge in [-0.05, 0) is 38.4 Å². The number of pyridine rings is 1. The maximum Gasteiger partial charge on any atom is 0.259 e. The monoisotopic (exact) mass is 382 g/mol. The van der Waals surface area contributed by atoms with Crippen molar-refractivity contribution in [3.05, 3.63) is 58.6 Å². The molecular formula is C19H22N6OS. The average molecular weight is 382 g/mol. The number of aryl methyl sites for hydroxylation is 1. The Balaban J connectivity index is 1.46. The highest BCUT2D eigenvalue weighted by molar-refractivity contribution is 7.13. The molecule has 1 aliphatic rings. The zero-order valence-corrected chi connectivity index (χ0v) is 16.2. The number of likely N-dealkylation sites (tertiary alicyclic amines) is 1. The van der Waals surface area contributed by atoms with Gasteiger partial charge >= 0.3 is 0 Å². The number of hydrogen-bond acceptors (Lipinski definition) is 6. The zero-order valence-electron chi connectivity index (χ0n) is 15.4. The molecule has 0 spiro atoms. The number of nitrogens with one attached hydrogen (secondary N) is 1. The van der Waals surface area contributed by atoms with Gasteiger partial charge in [0.25, 0.3) is 5.91 Å². The largest absolute Gasteiger partial charge is 0.298 e. The van der Waals surface area contributed by atoms with Crippen molar-refractivity contribution in [3.63, 3.8) is 0 Å². The van der Waals surface area contributed by atoms with Gasteiger partial charge in [0.2, 0.25) is 0 Å². The van der Waals surface area contributed by atoms with Crippen molar-refractivity contribution in [2.24, 2.45) is 7.05 Å². The fraction of sp³-hybridized carbons (Fsp3) is 0.368. The molecule has 1 fully saturated rings. The van der Waals surface area contributed by atoms with E-state index in [0.717, 1.165) is 31.6 Å². The molecule has 1 saturated heterocycles. The number of hydrogen-bond donors (Lipinski definition) is 1. The summed E-state index contributed by atoms with van der Waals surface area (Å²) in [5.41, 5.74) is 4.01. The molecule has 4 heterocycles. The van der Waals surface area contributed by atoms with E-state index in [4.69, 9.17) is 0 Å². The molecule has 1 aliphatic heterocycles. The first-order chi connectivity index (χ1) is 13.1. The van der Waals surface area contributed by atoms with E-state index in [-0.39, 0.29) is 11.9 Å². The summed E-state index contributed by atoms with van der Waals surface area (Å²) in [4.78, 5) is 23.4. The maximum absolute atomic E-state index is 12.3. The minimum absolute atomic E-state index is 0.182. The van der Waals surface area contributed by atoms with Crippen LogP contribution in [0.5, 0.6) is 0 Å². The third-order valence-electron chi connectivity index (χ3n) is 5.12. The molecule has 8 heteroatoms. The number of carbonyl (C=O) groups excluding carboxylic acids is 1. The third kappa shape index (κ3) is 3.77. The van der Waals surface area contributed by atoms with Gasteiger partial charge < -0.3 is 0 Å². The predicted molar refractivity (Wildman–Crippen MR) is 105 cm³/mol. The van der Waals surface area contributed by atoms with E-state index in [2.05, 4.69) is 32.2 Å². The number of nitrogens with zero attached hydrogens (tertiary/aromatic N) is 5. The lowest BCUT2D eigenvalue weighted by Gasteiger charge is -2.24. The third-order valence-corrected chi connectivity index (χ3v) is 5.81. The Labute approximate surface area is 162 Å². The van der Waals surface area contributed by atoms with E-state index >= 15 is 0 Å². The van der Waals surface area contributed by atoms with Gasteiger partial charge in [0.1, 0.15) is 0 Å². The normalized spacial score (nSPS) is 17.3. The van der Waals surface area contributed by atoms with Crippen LogP contribution in [0.25, 0.3) is 0 Å². The average Bonchev–Trinajstić information content (AvgIpc) is 3.41. The highest BCUT2D eigenvalue weighted by Gasteiger charge is 2.28. The van der Waals surface area contributed by atoms with Gasteiger partial charge in [-0.3, -0.25) is 24.7 Å². The Hall–Kier alpha value is -2.58. The molecule has 27 heavy (non-hydrogen) atoms. The quantitative estimate of drug-likeness (QED) is 0.733. The highest BCUT2D eigenvalue weighted by atomic mass is 32.1. The number of rotatable bonds is 5. The number of amides is 1. The van der Waals surface area contributed by atoms with Crippen LogP contribution in [0, 0.1) is 6.92 Å². The maximum atomic E-state index is 12.3. The van der Waals surface area contributed by atoms with Crippen LogP contribution in [0.4, 0.5) is 5.13 Å². The summed E-state index contributed by atoms with van der Waals surface area (Å²) in [6.07, 6.45) is 7.50. The summed E-state index contributed by atoms with van der Waals surface area (Å²) in [5.74, 6) is -0.182. The molecule has 1 amide bonds. The first-order valence-corrected chi connectivity index (χ1v) is 9.88. The molecule has 1 N–H and O–H groups in total. The number of aromatic nitrogens is 4. The molecule has 0 aromatic carbocycles. The van der Waals surface area contributed by atoms with E-state index < -0.39 is 0 Å². The van der Waals surface area contributed by atoms with Crippen LogP contribution < -0.4 is 5.32 Å². The number of thiazole rings is 1. The lowest BCUT2D eigenvalue weighted by molar-refractivity contribution is 0.102. The van der Waals surface area contributed by atoms with Gasteiger partial charge in [-0.1, -0.05) is 0 Å². The Morgan fingerprint density at radius 3 is 2.89 bits per heavy atom. The van der Waals surface area contributed by atoms with Crippen LogP contribution >= 0.6 is 11.3 Å². The topological polar surface area (TPSA) is 75.9 Å². The van der Waals surface area contributed by atoms with Crippen molar-refractivity contribution < 1.29 is 4.79 Å². The molecule has 0 bridgehead atoms. The fourth-order valence-electron chi connectivity index (χ4n) is 3.46. The van der Waals surface area contributed by atoms with Crippen LogP contribution in [-0.4, -0.2) is 37.1 Å². The smallest absolute Gasteiger partial charge is 0.259 e. The van der Waals surface area contributed by atoms with Crippen LogP contribution in [0.2, 0.25) is 0 Å². The first kappa shape index (κ1) is 17.8. The summed E-state index contributed by atoms with van der Waals surface area (Å²) in [5, 5.41) is 9.55. The molecule has 3 aromatic heterocycles. The minimum atomic E-state index is -0.182. The Kier molecular flexibility index (Phi) is 5.00. The lowest BCUT2D eigenvalue weighted by atomic mass is 10.1. The molecule has 140 valence electrons. The number of anilines is 1. The molecular weight excluding hydrogens is 360 g/mol. The number of carbonyl (C=O) groups is 1. The second-order valence-electron chi connectivity index (χ2n) is 6.77. The zero-order chi connectivity index (χ0) is 18.8. The van der Waals surface area contributed by atoms with Crippen molar-refractivity contribution >= 4 is 22.4 Å². The van der Waals surface area contributed by atoms with Crippen molar-refractivity contribution in [1.29, 1.82) is 0 Å². The van der Waals surface area contributed by atoms with Gasteiger partial charge in [0.15, 0.2) is 5.13 Å². The van der Waals surface area contributed by atoms with Crippen molar-refractivity contribution in [2.45, 2.75) is 32.4 Å². The minimum Gasteiger partial charge on any atom is -0.298 e. The summed E-state index contributed by atoms with van der Waals surface area (Å²) in [7, 11) is 1.97. The standard InChI is InChI=1S/C19H22N6OS/c1-13-15(11-22-24(13)2)12-25-8-3-4-17(25)16-6-5-14(10-21-16)18(26)23-19-20-7-9-27-19/h5-7,9-11,17H,3-4,8,12H2,1-2H3,(H,20,23,26).